The van der Waals surface area contributed by atoms with Crippen molar-refractivity contribution in [3.8, 4) is 0 Å². The number of aryl methyl sites for hydroxylation is 1. The van der Waals surface area contributed by atoms with E-state index in [2.05, 4.69) is 9.88 Å². The number of piperidine rings is 1. The molecule has 2 fully saturated rings. The van der Waals surface area contributed by atoms with Crippen molar-refractivity contribution < 1.29 is 13.2 Å². The van der Waals surface area contributed by atoms with Crippen molar-refractivity contribution >= 4 is 21.6 Å². The highest BCUT2D eigenvalue weighted by Crippen LogP contribution is 2.25. The second kappa shape index (κ2) is 8.73. The molecular weight excluding hydrogens is 400 g/mol. The molecule has 1 amide bonds. The largest absolute Gasteiger partial charge is 0.368 e. The summed E-state index contributed by atoms with van der Waals surface area (Å²) in [7, 11) is -3.58. The average Bonchev–Trinajstić information content (AvgIpc) is 2.80. The van der Waals surface area contributed by atoms with Gasteiger partial charge in [-0.1, -0.05) is 12.5 Å². The predicted molar refractivity (Wildman–Crippen MR) is 116 cm³/mol. The number of anilines is 1. The molecule has 3 heterocycles. The summed E-state index contributed by atoms with van der Waals surface area (Å²) in [5, 5.41) is 0. The third kappa shape index (κ3) is 4.20. The molecule has 1 aromatic heterocycles. The molecule has 0 N–H and O–H groups in total. The molecule has 1 aromatic carbocycles. The van der Waals surface area contributed by atoms with Crippen LogP contribution < -0.4 is 4.90 Å². The van der Waals surface area contributed by atoms with Crippen LogP contribution in [0.2, 0.25) is 0 Å². The van der Waals surface area contributed by atoms with Crippen molar-refractivity contribution in [2.45, 2.75) is 31.1 Å². The summed E-state index contributed by atoms with van der Waals surface area (Å²) >= 11 is 0. The van der Waals surface area contributed by atoms with Gasteiger partial charge in [-0.15, -0.1) is 0 Å². The Morgan fingerprint density at radius 2 is 1.57 bits per heavy atom. The Morgan fingerprint density at radius 1 is 0.900 bits per heavy atom. The monoisotopic (exact) mass is 428 g/mol. The Morgan fingerprint density at radius 3 is 2.23 bits per heavy atom. The van der Waals surface area contributed by atoms with Gasteiger partial charge in [0.15, 0.2) is 0 Å². The van der Waals surface area contributed by atoms with E-state index in [1.165, 1.54) is 0 Å². The number of aromatic nitrogens is 1. The van der Waals surface area contributed by atoms with Crippen LogP contribution in [0.4, 0.5) is 5.69 Å². The Hall–Kier alpha value is -2.45. The first-order chi connectivity index (χ1) is 14.5. The van der Waals surface area contributed by atoms with Gasteiger partial charge in [0, 0.05) is 62.9 Å². The standard InChI is InChI=1S/C22H28N4O3S/c1-18-5-6-19(17-21(18)30(28,29)26-11-3-2-4-12-26)22(27)25-15-13-24(14-16-25)20-7-9-23-10-8-20/h5-10,17H,2-4,11-16H2,1H3. The molecule has 0 spiro atoms. The molecule has 0 radical (unpaired) electrons. The minimum Gasteiger partial charge on any atom is -0.368 e. The summed E-state index contributed by atoms with van der Waals surface area (Å²) in [6, 6.07) is 8.99. The second-order valence-corrected chi connectivity index (χ2v) is 9.84. The molecule has 0 aliphatic carbocycles. The highest BCUT2D eigenvalue weighted by atomic mass is 32.2. The van der Waals surface area contributed by atoms with Gasteiger partial charge in [-0.3, -0.25) is 9.78 Å². The number of carbonyl (C=O) groups excluding carboxylic acids is 1. The number of pyridine rings is 1. The average molecular weight is 429 g/mol. The fourth-order valence-electron chi connectivity index (χ4n) is 4.16. The first-order valence-corrected chi connectivity index (χ1v) is 12.0. The van der Waals surface area contributed by atoms with Gasteiger partial charge in [0.2, 0.25) is 10.0 Å². The van der Waals surface area contributed by atoms with E-state index in [1.54, 1.807) is 46.7 Å². The number of hydrogen-bond donors (Lipinski definition) is 0. The van der Waals surface area contributed by atoms with Gasteiger partial charge in [-0.25, -0.2) is 8.42 Å². The lowest BCUT2D eigenvalue weighted by atomic mass is 10.1. The van der Waals surface area contributed by atoms with Crippen LogP contribution in [0.5, 0.6) is 0 Å². The van der Waals surface area contributed by atoms with E-state index < -0.39 is 10.0 Å². The molecular formula is C22H28N4O3S. The maximum Gasteiger partial charge on any atom is 0.254 e. The fourth-order valence-corrected chi connectivity index (χ4v) is 5.93. The predicted octanol–water partition coefficient (Wildman–Crippen LogP) is 2.53. The molecule has 7 nitrogen and oxygen atoms in total. The summed E-state index contributed by atoms with van der Waals surface area (Å²) in [6.07, 6.45) is 6.37. The molecule has 2 aromatic rings. The highest BCUT2D eigenvalue weighted by Gasteiger charge is 2.29. The van der Waals surface area contributed by atoms with Crippen LogP contribution in [0, 0.1) is 6.92 Å². The van der Waals surface area contributed by atoms with E-state index in [9.17, 15) is 13.2 Å². The van der Waals surface area contributed by atoms with Crippen molar-refractivity contribution in [2.24, 2.45) is 0 Å². The van der Waals surface area contributed by atoms with E-state index in [-0.39, 0.29) is 10.8 Å². The molecule has 8 heteroatoms. The molecule has 2 aliphatic heterocycles. The SMILES string of the molecule is Cc1ccc(C(=O)N2CCN(c3ccncc3)CC2)cc1S(=O)(=O)N1CCCCC1. The van der Waals surface area contributed by atoms with Crippen LogP contribution in [0.25, 0.3) is 0 Å². The van der Waals surface area contributed by atoms with Gasteiger partial charge < -0.3 is 9.80 Å². The minimum atomic E-state index is -3.58. The van der Waals surface area contributed by atoms with Crippen LogP contribution >= 0.6 is 0 Å². The summed E-state index contributed by atoms with van der Waals surface area (Å²) in [6.45, 7) is 5.57. The summed E-state index contributed by atoms with van der Waals surface area (Å²) in [4.78, 5) is 21.4. The molecule has 0 atom stereocenters. The zero-order chi connectivity index (χ0) is 21.1. The van der Waals surface area contributed by atoms with Crippen LogP contribution in [0.1, 0.15) is 35.2 Å². The quantitative estimate of drug-likeness (QED) is 0.748. The minimum absolute atomic E-state index is 0.112. The summed E-state index contributed by atoms with van der Waals surface area (Å²) in [5.74, 6) is -0.112. The Kier molecular flexibility index (Phi) is 6.06. The van der Waals surface area contributed by atoms with E-state index >= 15 is 0 Å². The van der Waals surface area contributed by atoms with Crippen LogP contribution in [0.3, 0.4) is 0 Å². The van der Waals surface area contributed by atoms with Crippen LogP contribution in [-0.4, -0.2) is 67.8 Å². The normalized spacial score (nSPS) is 18.4. The number of carbonyl (C=O) groups is 1. The van der Waals surface area contributed by atoms with Gasteiger partial charge in [0.25, 0.3) is 5.91 Å². The number of hydrogen-bond acceptors (Lipinski definition) is 5. The summed E-state index contributed by atoms with van der Waals surface area (Å²) in [5.41, 5.74) is 2.22. The zero-order valence-corrected chi connectivity index (χ0v) is 18.1. The van der Waals surface area contributed by atoms with E-state index in [0.29, 0.717) is 37.3 Å². The zero-order valence-electron chi connectivity index (χ0n) is 17.3. The summed E-state index contributed by atoms with van der Waals surface area (Å²) < 4.78 is 27.9. The van der Waals surface area contributed by atoms with E-state index in [0.717, 1.165) is 38.0 Å². The Labute approximate surface area is 178 Å². The number of piperazine rings is 1. The van der Waals surface area contributed by atoms with Gasteiger partial charge >= 0.3 is 0 Å². The third-order valence-corrected chi connectivity index (χ3v) is 8.00. The Bertz CT molecular complexity index is 996. The second-order valence-electron chi connectivity index (χ2n) is 7.93. The number of sulfonamides is 1. The molecule has 4 rings (SSSR count). The lowest BCUT2D eigenvalue weighted by Gasteiger charge is -2.36. The highest BCUT2D eigenvalue weighted by molar-refractivity contribution is 7.89. The molecule has 160 valence electrons. The first kappa shape index (κ1) is 20.8. The maximum absolute atomic E-state index is 13.1. The number of amides is 1. The van der Waals surface area contributed by atoms with Crippen molar-refractivity contribution in [2.75, 3.05) is 44.2 Å². The van der Waals surface area contributed by atoms with Gasteiger partial charge in [0.05, 0.1) is 4.90 Å². The molecule has 0 unspecified atom stereocenters. The molecule has 0 bridgehead atoms. The first-order valence-electron chi connectivity index (χ1n) is 10.5. The van der Waals surface area contributed by atoms with Gasteiger partial charge in [0.1, 0.15) is 0 Å². The van der Waals surface area contributed by atoms with Crippen molar-refractivity contribution in [3.63, 3.8) is 0 Å². The molecule has 2 aliphatic rings. The van der Waals surface area contributed by atoms with Crippen molar-refractivity contribution in [1.82, 2.24) is 14.2 Å². The van der Waals surface area contributed by atoms with E-state index in [1.807, 2.05) is 12.1 Å². The number of benzene rings is 1. The van der Waals surface area contributed by atoms with Gasteiger partial charge in [-0.05, 0) is 49.6 Å². The van der Waals surface area contributed by atoms with Gasteiger partial charge in [-0.2, -0.15) is 4.31 Å². The van der Waals surface area contributed by atoms with Crippen molar-refractivity contribution in [1.29, 1.82) is 0 Å². The van der Waals surface area contributed by atoms with E-state index in [4.69, 9.17) is 0 Å². The molecule has 2 saturated heterocycles. The number of rotatable bonds is 4. The molecule has 0 saturated carbocycles. The topological polar surface area (TPSA) is 73.8 Å². The fraction of sp³-hybridized carbons (Fsp3) is 0.455. The molecule has 30 heavy (non-hydrogen) atoms. The lowest BCUT2D eigenvalue weighted by molar-refractivity contribution is 0.0746. The maximum atomic E-state index is 13.1. The van der Waals surface area contributed by atoms with Crippen molar-refractivity contribution in [3.05, 3.63) is 53.9 Å². The van der Waals surface area contributed by atoms with Crippen LogP contribution in [0.15, 0.2) is 47.6 Å². The Balaban J connectivity index is 1.49. The number of nitrogens with zero attached hydrogens (tertiary/aromatic N) is 4. The third-order valence-electron chi connectivity index (χ3n) is 5.96. The van der Waals surface area contributed by atoms with Crippen LogP contribution in [-0.2, 0) is 10.0 Å². The lowest BCUT2D eigenvalue weighted by Crippen LogP contribution is -2.48. The smallest absolute Gasteiger partial charge is 0.254 e.